The van der Waals surface area contributed by atoms with E-state index in [0.717, 1.165) is 12.8 Å². The van der Waals surface area contributed by atoms with E-state index < -0.39 is 16.1 Å². The Morgan fingerprint density at radius 3 is 2.61 bits per heavy atom. The third kappa shape index (κ3) is 6.62. The number of hydrogen-bond acceptors (Lipinski definition) is 4. The van der Waals surface area contributed by atoms with Gasteiger partial charge in [-0.1, -0.05) is 36.7 Å². The third-order valence-corrected chi connectivity index (χ3v) is 7.10. The number of nitrogens with zero attached hydrogens (tertiary/aromatic N) is 2. The minimum atomic E-state index is -3.14. The van der Waals surface area contributed by atoms with Crippen molar-refractivity contribution < 1.29 is 13.5 Å². The van der Waals surface area contributed by atoms with Gasteiger partial charge in [0.05, 0.1) is 12.3 Å². The SMILES string of the molecule is CCCS(=O)(=O)N1CCC(NC(=NCC(O)c2ccccc2Cl)NCC)CC1. The molecule has 9 heteroatoms. The van der Waals surface area contributed by atoms with Crippen LogP contribution < -0.4 is 10.6 Å². The van der Waals surface area contributed by atoms with E-state index in [1.165, 1.54) is 0 Å². The van der Waals surface area contributed by atoms with Crippen molar-refractivity contribution in [2.75, 3.05) is 31.9 Å². The predicted molar refractivity (Wildman–Crippen MR) is 114 cm³/mol. The van der Waals surface area contributed by atoms with Crippen LogP contribution in [0.3, 0.4) is 0 Å². The minimum absolute atomic E-state index is 0.142. The molecule has 0 spiro atoms. The molecule has 0 saturated carbocycles. The summed E-state index contributed by atoms with van der Waals surface area (Å²) in [5.74, 6) is 0.818. The van der Waals surface area contributed by atoms with Gasteiger partial charge in [0.15, 0.2) is 5.96 Å². The zero-order valence-corrected chi connectivity index (χ0v) is 18.1. The zero-order valence-electron chi connectivity index (χ0n) is 16.6. The van der Waals surface area contributed by atoms with Crippen LogP contribution in [0.4, 0.5) is 0 Å². The van der Waals surface area contributed by atoms with Crippen molar-refractivity contribution in [3.63, 3.8) is 0 Å². The van der Waals surface area contributed by atoms with Gasteiger partial charge in [0, 0.05) is 36.3 Å². The molecular formula is C19H31ClN4O3S. The standard InChI is InChI=1S/C19H31ClN4O3S/c1-3-13-28(26,27)24-11-9-15(10-12-24)23-19(21-4-2)22-14-18(25)16-7-5-6-8-17(16)20/h5-8,15,18,25H,3-4,9-14H2,1-2H3,(H2,21,22,23). The Labute approximate surface area is 173 Å². The van der Waals surface area contributed by atoms with E-state index in [0.29, 0.717) is 42.6 Å². The average molecular weight is 431 g/mol. The lowest BCUT2D eigenvalue weighted by atomic mass is 10.1. The number of guanidine groups is 1. The van der Waals surface area contributed by atoms with E-state index in [9.17, 15) is 13.5 Å². The topological polar surface area (TPSA) is 94.0 Å². The number of aliphatic imine (C=N–C) groups is 1. The van der Waals surface area contributed by atoms with Crippen molar-refractivity contribution in [1.82, 2.24) is 14.9 Å². The molecule has 1 aromatic carbocycles. The fourth-order valence-corrected chi connectivity index (χ4v) is 5.00. The van der Waals surface area contributed by atoms with E-state index >= 15 is 0 Å². The second-order valence-electron chi connectivity index (χ2n) is 6.89. The second-order valence-corrected chi connectivity index (χ2v) is 9.39. The van der Waals surface area contributed by atoms with Gasteiger partial charge in [0.1, 0.15) is 6.10 Å². The summed E-state index contributed by atoms with van der Waals surface area (Å²) in [6.07, 6.45) is 1.29. The first kappa shape index (κ1) is 22.9. The number of piperidine rings is 1. The lowest BCUT2D eigenvalue weighted by molar-refractivity contribution is 0.187. The Balaban J connectivity index is 1.92. The number of nitrogens with one attached hydrogen (secondary N) is 2. The Bertz CT molecular complexity index is 749. The van der Waals surface area contributed by atoms with Crippen molar-refractivity contribution in [3.8, 4) is 0 Å². The van der Waals surface area contributed by atoms with Crippen LogP contribution in [0, 0.1) is 0 Å². The van der Waals surface area contributed by atoms with Gasteiger partial charge in [-0.05, 0) is 32.3 Å². The van der Waals surface area contributed by atoms with E-state index in [1.807, 2.05) is 26.0 Å². The molecule has 0 aromatic heterocycles. The van der Waals surface area contributed by atoms with Crippen LogP contribution in [-0.2, 0) is 10.0 Å². The Morgan fingerprint density at radius 1 is 1.32 bits per heavy atom. The number of benzene rings is 1. The summed E-state index contributed by atoms with van der Waals surface area (Å²) in [6.45, 7) is 5.76. The fraction of sp³-hybridized carbons (Fsp3) is 0.632. The van der Waals surface area contributed by atoms with E-state index in [2.05, 4.69) is 15.6 Å². The molecular weight excluding hydrogens is 400 g/mol. The number of aliphatic hydroxyl groups excluding tert-OH is 1. The van der Waals surface area contributed by atoms with Gasteiger partial charge in [-0.2, -0.15) is 0 Å². The maximum atomic E-state index is 12.2. The molecule has 0 aliphatic carbocycles. The highest BCUT2D eigenvalue weighted by Crippen LogP contribution is 2.22. The highest BCUT2D eigenvalue weighted by atomic mass is 35.5. The fourth-order valence-electron chi connectivity index (χ4n) is 3.20. The first-order valence-corrected chi connectivity index (χ1v) is 11.8. The van der Waals surface area contributed by atoms with Crippen LogP contribution >= 0.6 is 11.6 Å². The molecule has 1 aliphatic heterocycles. The van der Waals surface area contributed by atoms with Crippen molar-refractivity contribution in [1.29, 1.82) is 0 Å². The number of rotatable bonds is 8. The first-order valence-electron chi connectivity index (χ1n) is 9.82. The summed E-state index contributed by atoms with van der Waals surface area (Å²) in [4.78, 5) is 4.48. The second kappa shape index (κ2) is 11.0. The lowest BCUT2D eigenvalue weighted by Gasteiger charge is -2.32. The molecule has 0 amide bonds. The maximum Gasteiger partial charge on any atom is 0.214 e. The summed E-state index contributed by atoms with van der Waals surface area (Å²) in [6, 6.07) is 7.32. The summed E-state index contributed by atoms with van der Waals surface area (Å²) in [5.41, 5.74) is 0.651. The van der Waals surface area contributed by atoms with Gasteiger partial charge in [0.2, 0.25) is 10.0 Å². The molecule has 1 atom stereocenters. The molecule has 2 rings (SSSR count). The van der Waals surface area contributed by atoms with Crippen LogP contribution in [0.15, 0.2) is 29.3 Å². The van der Waals surface area contributed by atoms with E-state index in [4.69, 9.17) is 11.6 Å². The van der Waals surface area contributed by atoms with Gasteiger partial charge < -0.3 is 15.7 Å². The maximum absolute atomic E-state index is 12.2. The first-order chi connectivity index (χ1) is 13.4. The summed E-state index contributed by atoms with van der Waals surface area (Å²) >= 11 is 6.13. The molecule has 1 saturated heterocycles. The van der Waals surface area contributed by atoms with Crippen molar-refractivity contribution >= 4 is 27.6 Å². The average Bonchev–Trinajstić information content (AvgIpc) is 2.67. The van der Waals surface area contributed by atoms with Gasteiger partial charge >= 0.3 is 0 Å². The molecule has 3 N–H and O–H groups in total. The number of hydrogen-bond donors (Lipinski definition) is 3. The number of aliphatic hydroxyl groups is 1. The normalized spacial score (nSPS) is 18.1. The summed E-state index contributed by atoms with van der Waals surface area (Å²) in [5, 5.41) is 17.4. The highest BCUT2D eigenvalue weighted by Gasteiger charge is 2.27. The highest BCUT2D eigenvalue weighted by molar-refractivity contribution is 7.89. The van der Waals surface area contributed by atoms with Gasteiger partial charge in [-0.15, -0.1) is 0 Å². The van der Waals surface area contributed by atoms with Crippen LogP contribution in [0.2, 0.25) is 5.02 Å². The summed E-state index contributed by atoms with van der Waals surface area (Å²) in [7, 11) is -3.14. The van der Waals surface area contributed by atoms with Crippen LogP contribution in [0.5, 0.6) is 0 Å². The predicted octanol–water partition coefficient (Wildman–Crippen LogP) is 2.13. The molecule has 158 valence electrons. The Hall–Kier alpha value is -1.35. The number of halogens is 1. The monoisotopic (exact) mass is 430 g/mol. The summed E-state index contributed by atoms with van der Waals surface area (Å²) < 4.78 is 26.0. The molecule has 0 bridgehead atoms. The number of sulfonamides is 1. The van der Waals surface area contributed by atoms with Crippen molar-refractivity contribution in [2.24, 2.45) is 4.99 Å². The zero-order chi connectivity index (χ0) is 20.6. The van der Waals surface area contributed by atoms with Crippen molar-refractivity contribution in [2.45, 2.75) is 45.3 Å². The minimum Gasteiger partial charge on any atom is -0.386 e. The Morgan fingerprint density at radius 2 is 2.00 bits per heavy atom. The third-order valence-electron chi connectivity index (χ3n) is 4.68. The van der Waals surface area contributed by atoms with Gasteiger partial charge in [-0.25, -0.2) is 12.7 Å². The Kier molecular flexibility index (Phi) is 9.01. The van der Waals surface area contributed by atoms with Gasteiger partial charge in [-0.3, -0.25) is 4.99 Å². The molecule has 0 radical (unpaired) electrons. The molecule has 1 heterocycles. The smallest absolute Gasteiger partial charge is 0.214 e. The van der Waals surface area contributed by atoms with E-state index in [-0.39, 0.29) is 18.3 Å². The molecule has 1 fully saturated rings. The van der Waals surface area contributed by atoms with Crippen LogP contribution in [0.25, 0.3) is 0 Å². The van der Waals surface area contributed by atoms with Crippen LogP contribution in [0.1, 0.15) is 44.8 Å². The molecule has 7 nitrogen and oxygen atoms in total. The van der Waals surface area contributed by atoms with Crippen LogP contribution in [-0.4, -0.2) is 61.8 Å². The lowest BCUT2D eigenvalue weighted by Crippen LogP contribution is -2.50. The molecule has 28 heavy (non-hydrogen) atoms. The molecule has 1 aliphatic rings. The molecule has 1 unspecified atom stereocenters. The van der Waals surface area contributed by atoms with E-state index in [1.54, 1.807) is 16.4 Å². The molecule has 1 aromatic rings. The largest absolute Gasteiger partial charge is 0.386 e. The quantitative estimate of drug-likeness (QED) is 0.434. The van der Waals surface area contributed by atoms with Gasteiger partial charge in [0.25, 0.3) is 0 Å². The van der Waals surface area contributed by atoms with Crippen molar-refractivity contribution in [3.05, 3.63) is 34.9 Å².